The van der Waals surface area contributed by atoms with Crippen LogP contribution in [0.4, 0.5) is 0 Å². The zero-order chi connectivity index (χ0) is 7.40. The second kappa shape index (κ2) is 3.15. The summed E-state index contributed by atoms with van der Waals surface area (Å²) in [4.78, 5) is 8.22. The Labute approximate surface area is 60.1 Å². The van der Waals surface area contributed by atoms with Crippen LogP contribution in [-0.2, 0) is 7.05 Å². The second-order valence-corrected chi connectivity index (χ2v) is 2.00. The molecule has 0 atom stereocenters. The molecule has 0 N–H and O–H groups in total. The van der Waals surface area contributed by atoms with E-state index in [4.69, 9.17) is 0 Å². The first-order chi connectivity index (χ1) is 4.84. The highest BCUT2D eigenvalue weighted by atomic mass is 15.1. The lowest BCUT2D eigenvalue weighted by molar-refractivity contribution is 0.759. The number of hydrogen-bond donors (Lipinski definition) is 0. The van der Waals surface area contributed by atoms with Gasteiger partial charge in [0.15, 0.2) is 0 Å². The smallest absolute Gasteiger partial charge is 0.224 e. The summed E-state index contributed by atoms with van der Waals surface area (Å²) in [6.45, 7) is 2.78. The molecule has 1 aromatic rings. The van der Waals surface area contributed by atoms with Crippen molar-refractivity contribution in [2.24, 2.45) is 12.0 Å². The lowest BCUT2D eigenvalue weighted by atomic mass is 10.6. The first-order valence-electron chi connectivity index (χ1n) is 3.32. The van der Waals surface area contributed by atoms with Crippen molar-refractivity contribution in [2.45, 2.75) is 6.92 Å². The number of aromatic nitrogens is 2. The summed E-state index contributed by atoms with van der Waals surface area (Å²) in [6, 6.07) is 1.88. The van der Waals surface area contributed by atoms with Gasteiger partial charge in [-0.3, -0.25) is 4.99 Å². The van der Waals surface area contributed by atoms with Crippen molar-refractivity contribution < 1.29 is 0 Å². The van der Waals surface area contributed by atoms with Gasteiger partial charge < -0.3 is 4.57 Å². The van der Waals surface area contributed by atoms with Gasteiger partial charge in [-0.2, -0.15) is 0 Å². The average molecular weight is 137 g/mol. The molecule has 0 amide bonds. The highest BCUT2D eigenvalue weighted by molar-refractivity contribution is 4.78. The summed E-state index contributed by atoms with van der Waals surface area (Å²) in [5.74, 6) is 0. The van der Waals surface area contributed by atoms with Gasteiger partial charge in [-0.1, -0.05) is 0 Å². The predicted octanol–water partition coefficient (Wildman–Crippen LogP) is 0.341. The maximum Gasteiger partial charge on any atom is 0.224 e. The Morgan fingerprint density at radius 1 is 1.70 bits per heavy atom. The molecule has 1 rings (SSSR count). The van der Waals surface area contributed by atoms with Crippen molar-refractivity contribution >= 4 is 0 Å². The average Bonchev–Trinajstić information content (AvgIpc) is 1.94. The van der Waals surface area contributed by atoms with Crippen LogP contribution < -0.4 is 5.62 Å². The lowest BCUT2D eigenvalue weighted by Gasteiger charge is -1.94. The molecular weight excluding hydrogens is 126 g/mol. The molecule has 0 saturated heterocycles. The molecule has 0 saturated carbocycles. The fourth-order valence-electron chi connectivity index (χ4n) is 0.729. The predicted molar refractivity (Wildman–Crippen MR) is 39.3 cm³/mol. The normalized spacial score (nSPS) is 12.0. The molecular formula is C7H11N3. The Kier molecular flexibility index (Phi) is 2.20. The van der Waals surface area contributed by atoms with E-state index in [0.717, 1.165) is 12.2 Å². The van der Waals surface area contributed by atoms with Crippen LogP contribution in [-0.4, -0.2) is 16.1 Å². The maximum absolute atomic E-state index is 4.16. The molecule has 54 valence electrons. The van der Waals surface area contributed by atoms with Crippen molar-refractivity contribution in [1.29, 1.82) is 0 Å². The van der Waals surface area contributed by atoms with Crippen LogP contribution in [0, 0.1) is 0 Å². The Balaban J connectivity index is 3.15. The van der Waals surface area contributed by atoms with Gasteiger partial charge in [-0.15, -0.1) is 0 Å². The van der Waals surface area contributed by atoms with Crippen LogP contribution in [0.2, 0.25) is 0 Å². The van der Waals surface area contributed by atoms with Gasteiger partial charge in [-0.25, -0.2) is 4.98 Å². The SMILES string of the molecule is CC/N=c1/ncccn1C. The molecule has 1 heterocycles. The summed E-state index contributed by atoms with van der Waals surface area (Å²) in [5.41, 5.74) is 0.782. The molecule has 1 aromatic heterocycles. The Morgan fingerprint density at radius 3 is 3.10 bits per heavy atom. The summed E-state index contributed by atoms with van der Waals surface area (Å²) < 4.78 is 1.89. The summed E-state index contributed by atoms with van der Waals surface area (Å²) in [7, 11) is 1.93. The summed E-state index contributed by atoms with van der Waals surface area (Å²) in [5, 5.41) is 0. The zero-order valence-corrected chi connectivity index (χ0v) is 6.28. The number of aryl methyl sites for hydroxylation is 1. The molecule has 0 aliphatic carbocycles. The van der Waals surface area contributed by atoms with E-state index >= 15 is 0 Å². The minimum absolute atomic E-state index is 0.782. The molecule has 0 unspecified atom stereocenters. The zero-order valence-electron chi connectivity index (χ0n) is 6.28. The molecule has 0 spiro atoms. The third kappa shape index (κ3) is 1.43. The minimum atomic E-state index is 0.782. The Hall–Kier alpha value is -1.12. The molecule has 0 aliphatic rings. The molecule has 0 fully saturated rings. The summed E-state index contributed by atoms with van der Waals surface area (Å²) >= 11 is 0. The molecule has 0 aromatic carbocycles. The van der Waals surface area contributed by atoms with Crippen LogP contribution >= 0.6 is 0 Å². The van der Waals surface area contributed by atoms with Crippen molar-refractivity contribution in [2.75, 3.05) is 6.54 Å². The highest BCUT2D eigenvalue weighted by Gasteiger charge is 1.81. The molecule has 0 radical (unpaired) electrons. The van der Waals surface area contributed by atoms with Crippen LogP contribution in [0.15, 0.2) is 23.5 Å². The van der Waals surface area contributed by atoms with E-state index in [1.54, 1.807) is 6.20 Å². The fraction of sp³-hybridized carbons (Fsp3) is 0.429. The first-order valence-corrected chi connectivity index (χ1v) is 3.32. The van der Waals surface area contributed by atoms with Gasteiger partial charge in [-0.05, 0) is 13.0 Å². The summed E-state index contributed by atoms with van der Waals surface area (Å²) in [6.07, 6.45) is 3.68. The topological polar surface area (TPSA) is 30.2 Å². The maximum atomic E-state index is 4.16. The molecule has 10 heavy (non-hydrogen) atoms. The van der Waals surface area contributed by atoms with Crippen molar-refractivity contribution in [3.05, 3.63) is 24.1 Å². The van der Waals surface area contributed by atoms with Gasteiger partial charge in [0.1, 0.15) is 0 Å². The van der Waals surface area contributed by atoms with E-state index in [1.807, 2.05) is 30.8 Å². The minimum Gasteiger partial charge on any atom is -0.321 e. The lowest BCUT2D eigenvalue weighted by Crippen LogP contribution is -2.20. The monoisotopic (exact) mass is 137 g/mol. The van der Waals surface area contributed by atoms with E-state index < -0.39 is 0 Å². The molecule has 3 nitrogen and oxygen atoms in total. The highest BCUT2D eigenvalue weighted by Crippen LogP contribution is 1.71. The van der Waals surface area contributed by atoms with Crippen LogP contribution in [0.3, 0.4) is 0 Å². The number of hydrogen-bond acceptors (Lipinski definition) is 2. The number of rotatable bonds is 1. The number of nitrogens with zero attached hydrogens (tertiary/aromatic N) is 3. The Bertz CT molecular complexity index is 262. The van der Waals surface area contributed by atoms with E-state index in [1.165, 1.54) is 0 Å². The van der Waals surface area contributed by atoms with Crippen molar-refractivity contribution in [1.82, 2.24) is 9.55 Å². The molecule has 3 heteroatoms. The van der Waals surface area contributed by atoms with Gasteiger partial charge >= 0.3 is 0 Å². The largest absolute Gasteiger partial charge is 0.321 e. The third-order valence-corrected chi connectivity index (χ3v) is 1.20. The third-order valence-electron chi connectivity index (χ3n) is 1.20. The van der Waals surface area contributed by atoms with Gasteiger partial charge in [0.25, 0.3) is 0 Å². The van der Waals surface area contributed by atoms with Gasteiger partial charge in [0.05, 0.1) is 0 Å². The van der Waals surface area contributed by atoms with Crippen molar-refractivity contribution in [3.63, 3.8) is 0 Å². The van der Waals surface area contributed by atoms with E-state index in [0.29, 0.717) is 0 Å². The standard InChI is InChI=1S/C7H11N3/c1-3-8-7-9-5-4-6-10(7)2/h4-6H,3H2,1-2H3/b8-7-. The van der Waals surface area contributed by atoms with E-state index in [2.05, 4.69) is 9.98 Å². The van der Waals surface area contributed by atoms with Crippen LogP contribution in [0.1, 0.15) is 6.92 Å². The molecule has 0 aliphatic heterocycles. The quantitative estimate of drug-likeness (QED) is 0.549. The van der Waals surface area contributed by atoms with Crippen LogP contribution in [0.5, 0.6) is 0 Å². The fourth-order valence-corrected chi connectivity index (χ4v) is 0.729. The first kappa shape index (κ1) is 6.99. The van der Waals surface area contributed by atoms with E-state index in [-0.39, 0.29) is 0 Å². The molecule has 0 bridgehead atoms. The Morgan fingerprint density at radius 2 is 2.50 bits per heavy atom. The van der Waals surface area contributed by atoms with Crippen LogP contribution in [0.25, 0.3) is 0 Å². The second-order valence-electron chi connectivity index (χ2n) is 2.00. The van der Waals surface area contributed by atoms with Crippen molar-refractivity contribution in [3.8, 4) is 0 Å². The van der Waals surface area contributed by atoms with Gasteiger partial charge in [0.2, 0.25) is 5.62 Å². The van der Waals surface area contributed by atoms with E-state index in [9.17, 15) is 0 Å². The van der Waals surface area contributed by atoms with Gasteiger partial charge in [0, 0.05) is 26.0 Å².